The van der Waals surface area contributed by atoms with Gasteiger partial charge < -0.3 is 0 Å². The van der Waals surface area contributed by atoms with E-state index >= 15 is 0 Å². The summed E-state index contributed by atoms with van der Waals surface area (Å²) in [6, 6.07) is 4.61. The maximum Gasteiger partial charge on any atom is -0.0268 e. The second-order valence-electron chi connectivity index (χ2n) is 4.52. The van der Waals surface area contributed by atoms with Crippen molar-refractivity contribution in [3.05, 3.63) is 28.8 Å². The fourth-order valence-electron chi connectivity index (χ4n) is 2.37. The Morgan fingerprint density at radius 3 is 1.94 bits per heavy atom. The molecule has 1 heteroatoms. The molecular weight excluding hydrogens is 211 g/mol. The largest absolute Gasteiger partial charge is 0.105 e. The second kappa shape index (κ2) is 7.07. The van der Waals surface area contributed by atoms with Crippen LogP contribution in [0.4, 0.5) is 0 Å². The normalized spacial score (nSPS) is 10.8. The van der Waals surface area contributed by atoms with Crippen molar-refractivity contribution in [2.24, 2.45) is 0 Å². The molecule has 90 valence electrons. The molecular formula is C15H25P. The molecule has 1 unspecified atom stereocenters. The van der Waals surface area contributed by atoms with Gasteiger partial charge >= 0.3 is 0 Å². The minimum Gasteiger partial charge on any atom is -0.105 e. The van der Waals surface area contributed by atoms with Gasteiger partial charge in [-0.1, -0.05) is 52.2 Å². The van der Waals surface area contributed by atoms with E-state index in [0.29, 0.717) is 0 Å². The molecule has 1 rings (SSSR count). The van der Waals surface area contributed by atoms with Crippen molar-refractivity contribution < 1.29 is 0 Å². The lowest BCUT2D eigenvalue weighted by Crippen LogP contribution is -2.10. The van der Waals surface area contributed by atoms with Gasteiger partial charge in [0.25, 0.3) is 0 Å². The molecule has 16 heavy (non-hydrogen) atoms. The van der Waals surface area contributed by atoms with Gasteiger partial charge in [-0.15, -0.1) is 9.24 Å². The molecule has 0 aliphatic carbocycles. The summed E-state index contributed by atoms with van der Waals surface area (Å²) in [7, 11) is 2.90. The summed E-state index contributed by atoms with van der Waals surface area (Å²) in [6.07, 6.45) is 7.45. The third-order valence-electron chi connectivity index (χ3n) is 3.08. The van der Waals surface area contributed by atoms with Gasteiger partial charge in [-0.05, 0) is 41.3 Å². The average molecular weight is 236 g/mol. The minimum atomic E-state index is 1.23. The third-order valence-corrected chi connectivity index (χ3v) is 3.62. The van der Waals surface area contributed by atoms with E-state index in [4.69, 9.17) is 0 Å². The summed E-state index contributed by atoms with van der Waals surface area (Å²) in [5.41, 5.74) is 4.82. The van der Waals surface area contributed by atoms with Crippen LogP contribution in [-0.2, 0) is 19.3 Å². The first kappa shape index (κ1) is 13.7. The summed E-state index contributed by atoms with van der Waals surface area (Å²) < 4.78 is 0. The highest BCUT2D eigenvalue weighted by molar-refractivity contribution is 7.27. The average Bonchev–Trinajstić information content (AvgIpc) is 2.27. The van der Waals surface area contributed by atoms with Crippen LogP contribution >= 0.6 is 9.24 Å². The molecule has 0 fully saturated rings. The molecule has 0 nitrogen and oxygen atoms in total. The predicted molar refractivity (Wildman–Crippen MR) is 77.8 cm³/mol. The zero-order chi connectivity index (χ0) is 12.0. The third kappa shape index (κ3) is 3.32. The van der Waals surface area contributed by atoms with E-state index in [1.165, 1.54) is 43.8 Å². The highest BCUT2D eigenvalue weighted by atomic mass is 31.0. The van der Waals surface area contributed by atoms with Gasteiger partial charge in [0.15, 0.2) is 0 Å². The Hall–Kier alpha value is -0.350. The van der Waals surface area contributed by atoms with E-state index in [0.717, 1.165) is 0 Å². The van der Waals surface area contributed by atoms with Gasteiger partial charge in [0.1, 0.15) is 0 Å². The van der Waals surface area contributed by atoms with Crippen molar-refractivity contribution >= 4 is 14.5 Å². The Labute approximate surface area is 103 Å². The van der Waals surface area contributed by atoms with Crippen LogP contribution in [-0.4, -0.2) is 0 Å². The molecule has 0 heterocycles. The molecule has 0 aliphatic rings. The first-order valence-electron chi connectivity index (χ1n) is 6.63. The maximum atomic E-state index is 2.90. The maximum absolute atomic E-state index is 2.90. The topological polar surface area (TPSA) is 0 Å². The quantitative estimate of drug-likeness (QED) is 0.654. The minimum absolute atomic E-state index is 1.23. The van der Waals surface area contributed by atoms with Crippen LogP contribution in [0.15, 0.2) is 12.1 Å². The highest BCUT2D eigenvalue weighted by Gasteiger charge is 2.09. The first-order valence-corrected chi connectivity index (χ1v) is 7.21. The lowest BCUT2D eigenvalue weighted by molar-refractivity contribution is 0.829. The van der Waals surface area contributed by atoms with Crippen LogP contribution in [0, 0.1) is 0 Å². The molecule has 0 radical (unpaired) electrons. The molecule has 0 bridgehead atoms. The molecule has 0 aromatic heterocycles. The number of hydrogen-bond acceptors (Lipinski definition) is 0. The summed E-state index contributed by atoms with van der Waals surface area (Å²) in [5.74, 6) is 0. The fourth-order valence-corrected chi connectivity index (χ4v) is 2.78. The van der Waals surface area contributed by atoms with Gasteiger partial charge in [0.05, 0.1) is 0 Å². The Morgan fingerprint density at radius 1 is 0.812 bits per heavy atom. The zero-order valence-corrected chi connectivity index (χ0v) is 12.1. The fraction of sp³-hybridized carbons (Fsp3) is 0.600. The van der Waals surface area contributed by atoms with Gasteiger partial charge in [-0.3, -0.25) is 0 Å². The van der Waals surface area contributed by atoms with E-state index < -0.39 is 0 Å². The van der Waals surface area contributed by atoms with Gasteiger partial charge in [0, 0.05) is 0 Å². The molecule has 0 aliphatic heterocycles. The summed E-state index contributed by atoms with van der Waals surface area (Å²) in [4.78, 5) is 0. The van der Waals surface area contributed by atoms with Crippen molar-refractivity contribution in [2.75, 3.05) is 0 Å². The monoisotopic (exact) mass is 236 g/mol. The molecule has 0 saturated heterocycles. The standard InChI is InChI=1S/C15H25P/c1-4-7-12-10-11-15(16)14(9-6-3)13(12)8-5-2/h10-11H,4-9,16H2,1-3H3. The highest BCUT2D eigenvalue weighted by Crippen LogP contribution is 2.20. The zero-order valence-electron chi connectivity index (χ0n) is 11.0. The molecule has 0 saturated carbocycles. The smallest absolute Gasteiger partial charge is 0.0268 e. The van der Waals surface area contributed by atoms with Crippen LogP contribution in [0.25, 0.3) is 0 Å². The number of benzene rings is 1. The summed E-state index contributed by atoms with van der Waals surface area (Å²) in [6.45, 7) is 6.82. The van der Waals surface area contributed by atoms with Crippen LogP contribution in [0.2, 0.25) is 0 Å². The molecule has 0 amide bonds. The van der Waals surface area contributed by atoms with E-state index in [-0.39, 0.29) is 0 Å². The lowest BCUT2D eigenvalue weighted by Gasteiger charge is -2.16. The Balaban J connectivity index is 3.14. The van der Waals surface area contributed by atoms with Gasteiger partial charge in [-0.25, -0.2) is 0 Å². The summed E-state index contributed by atoms with van der Waals surface area (Å²) >= 11 is 0. The van der Waals surface area contributed by atoms with E-state index in [9.17, 15) is 0 Å². The van der Waals surface area contributed by atoms with E-state index in [2.05, 4.69) is 42.1 Å². The van der Waals surface area contributed by atoms with Crippen LogP contribution in [0.3, 0.4) is 0 Å². The molecule has 0 spiro atoms. The van der Waals surface area contributed by atoms with Gasteiger partial charge in [-0.2, -0.15) is 0 Å². The van der Waals surface area contributed by atoms with Crippen molar-refractivity contribution in [1.82, 2.24) is 0 Å². The van der Waals surface area contributed by atoms with Gasteiger partial charge in [0.2, 0.25) is 0 Å². The Kier molecular flexibility index (Phi) is 6.06. The summed E-state index contributed by atoms with van der Waals surface area (Å²) in [5, 5.41) is 1.41. The number of hydrogen-bond donors (Lipinski definition) is 0. The van der Waals surface area contributed by atoms with Crippen LogP contribution < -0.4 is 5.30 Å². The van der Waals surface area contributed by atoms with E-state index in [1.807, 2.05) is 0 Å². The molecule has 1 aromatic carbocycles. The number of rotatable bonds is 6. The van der Waals surface area contributed by atoms with Crippen molar-refractivity contribution in [3.8, 4) is 0 Å². The first-order chi connectivity index (χ1) is 7.74. The van der Waals surface area contributed by atoms with Crippen LogP contribution in [0.5, 0.6) is 0 Å². The SMILES string of the molecule is CCCc1ccc(P)c(CCC)c1CCC. The molecule has 1 atom stereocenters. The van der Waals surface area contributed by atoms with E-state index in [1.54, 1.807) is 16.7 Å². The van der Waals surface area contributed by atoms with Crippen LogP contribution in [0.1, 0.15) is 56.7 Å². The predicted octanol–water partition coefficient (Wildman–Crippen LogP) is 4.04. The van der Waals surface area contributed by atoms with Crippen molar-refractivity contribution in [2.45, 2.75) is 59.3 Å². The molecule has 1 aromatic rings. The lowest BCUT2D eigenvalue weighted by atomic mass is 9.92. The Bertz CT molecular complexity index is 328. The van der Waals surface area contributed by atoms with Crippen molar-refractivity contribution in [1.29, 1.82) is 0 Å². The molecule has 0 N–H and O–H groups in total. The number of aryl methyl sites for hydroxylation is 1. The van der Waals surface area contributed by atoms with Crippen molar-refractivity contribution in [3.63, 3.8) is 0 Å². The Morgan fingerprint density at radius 2 is 1.38 bits per heavy atom. The second-order valence-corrected chi connectivity index (χ2v) is 5.14.